The van der Waals surface area contributed by atoms with Crippen LogP contribution in [0, 0.1) is 5.21 Å². The highest BCUT2D eigenvalue weighted by Gasteiger charge is 2.07. The molecule has 2 N–H and O–H groups in total. The summed E-state index contributed by atoms with van der Waals surface area (Å²) in [6.45, 7) is 0. The maximum absolute atomic E-state index is 11.8. The van der Waals surface area contributed by atoms with E-state index >= 15 is 0 Å². The number of hydrogen-bond donors (Lipinski definition) is 2. The highest BCUT2D eigenvalue weighted by Crippen LogP contribution is 2.19. The summed E-state index contributed by atoms with van der Waals surface area (Å²) in [7, 11) is 0. The first-order valence-electron chi connectivity index (χ1n) is 5.69. The van der Waals surface area contributed by atoms with Crippen LogP contribution in [-0.2, 0) is 0 Å². The molecule has 1 aromatic carbocycles. The molecule has 104 valence electrons. The van der Waals surface area contributed by atoms with E-state index in [1.54, 1.807) is 17.8 Å². The predicted molar refractivity (Wildman–Crippen MR) is 81.3 cm³/mol. The van der Waals surface area contributed by atoms with Gasteiger partial charge in [-0.05, 0) is 36.1 Å². The van der Waals surface area contributed by atoms with Crippen LogP contribution in [0.2, 0.25) is 5.15 Å². The summed E-state index contributed by atoms with van der Waals surface area (Å²) in [6, 6.07) is 9.93. The van der Waals surface area contributed by atoms with Gasteiger partial charge in [-0.3, -0.25) is 0 Å². The number of pyridine rings is 1. The summed E-state index contributed by atoms with van der Waals surface area (Å²) in [5.41, 5.74) is 1.14. The number of nitrogens with zero attached hydrogens (tertiary/aromatic N) is 1. The molecule has 7 heteroatoms. The summed E-state index contributed by atoms with van der Waals surface area (Å²) in [5, 5.41) is 16.4. The van der Waals surface area contributed by atoms with Crippen LogP contribution in [0.5, 0.6) is 0 Å². The number of carbonyl (C=O) groups is 1. The Morgan fingerprint density at radius 3 is 2.60 bits per heavy atom. The molecule has 1 heterocycles. The van der Waals surface area contributed by atoms with E-state index in [9.17, 15) is 10.0 Å². The predicted octanol–water partition coefficient (Wildman–Crippen LogP) is 3.34. The molecule has 2 aromatic rings. The summed E-state index contributed by atoms with van der Waals surface area (Å²) < 4.78 is 0.507. The molecule has 0 aliphatic carbocycles. The molecule has 0 fully saturated rings. The zero-order valence-corrected chi connectivity index (χ0v) is 12.2. The number of hydrogen-bond acceptors (Lipinski definition) is 3. The molecule has 0 saturated heterocycles. The maximum Gasteiger partial charge on any atom is 0.323 e. The van der Waals surface area contributed by atoms with E-state index in [0.717, 1.165) is 4.90 Å². The molecule has 0 radical (unpaired) electrons. The minimum atomic E-state index is -0.400. The Morgan fingerprint density at radius 1 is 1.25 bits per heavy atom. The third-order valence-corrected chi connectivity index (χ3v) is 3.46. The molecule has 2 amide bonds. The van der Waals surface area contributed by atoms with Crippen molar-refractivity contribution in [2.45, 2.75) is 4.90 Å². The molecule has 0 unspecified atom stereocenters. The van der Waals surface area contributed by atoms with E-state index in [4.69, 9.17) is 11.6 Å². The van der Waals surface area contributed by atoms with Gasteiger partial charge in [0, 0.05) is 22.7 Å². The van der Waals surface area contributed by atoms with Gasteiger partial charge < -0.3 is 15.8 Å². The molecule has 0 aliphatic rings. The van der Waals surface area contributed by atoms with E-state index in [2.05, 4.69) is 10.6 Å². The second-order valence-corrected chi connectivity index (χ2v) is 5.14. The van der Waals surface area contributed by atoms with Crippen LogP contribution in [0.25, 0.3) is 0 Å². The van der Waals surface area contributed by atoms with Crippen LogP contribution in [-0.4, -0.2) is 12.3 Å². The van der Waals surface area contributed by atoms with Gasteiger partial charge in [-0.25, -0.2) is 4.79 Å². The largest absolute Gasteiger partial charge is 0.618 e. The van der Waals surface area contributed by atoms with Gasteiger partial charge in [0.05, 0.1) is 5.69 Å². The number of urea groups is 1. The van der Waals surface area contributed by atoms with Crippen LogP contribution < -0.4 is 15.4 Å². The van der Waals surface area contributed by atoms with Crippen molar-refractivity contribution in [3.05, 3.63) is 53.0 Å². The minimum Gasteiger partial charge on any atom is -0.618 e. The number of thioether (sulfide) groups is 1. The second-order valence-electron chi connectivity index (χ2n) is 3.88. The Hall–Kier alpha value is -1.92. The first-order valence-corrected chi connectivity index (χ1v) is 7.29. The topological polar surface area (TPSA) is 68.1 Å². The van der Waals surface area contributed by atoms with Crippen molar-refractivity contribution in [2.75, 3.05) is 16.9 Å². The first kappa shape index (κ1) is 14.5. The van der Waals surface area contributed by atoms with Crippen LogP contribution in [0.3, 0.4) is 0 Å². The lowest BCUT2D eigenvalue weighted by Crippen LogP contribution is -2.27. The molecule has 0 aliphatic heterocycles. The number of benzene rings is 1. The fraction of sp³-hybridized carbons (Fsp3) is 0.0769. The highest BCUT2D eigenvalue weighted by molar-refractivity contribution is 7.98. The average molecular weight is 310 g/mol. The van der Waals surface area contributed by atoms with E-state index in [-0.39, 0.29) is 5.15 Å². The lowest BCUT2D eigenvalue weighted by atomic mass is 10.3. The Morgan fingerprint density at radius 2 is 1.95 bits per heavy atom. The normalized spacial score (nSPS) is 10.1. The molecule has 2 rings (SSSR count). The van der Waals surface area contributed by atoms with Crippen LogP contribution in [0.15, 0.2) is 47.5 Å². The Labute approximate surface area is 125 Å². The van der Waals surface area contributed by atoms with Crippen LogP contribution in [0.1, 0.15) is 0 Å². The van der Waals surface area contributed by atoms with Crippen molar-refractivity contribution in [2.24, 2.45) is 0 Å². The molecule has 5 nitrogen and oxygen atoms in total. The summed E-state index contributed by atoms with van der Waals surface area (Å²) in [6.07, 6.45) is 3.19. The molecule has 0 spiro atoms. The molecule has 1 aromatic heterocycles. The van der Waals surface area contributed by atoms with Crippen molar-refractivity contribution in [1.82, 2.24) is 0 Å². The first-order chi connectivity index (χ1) is 9.58. The molecule has 0 bridgehead atoms. The lowest BCUT2D eigenvalue weighted by Gasteiger charge is -2.08. The Kier molecular flexibility index (Phi) is 4.70. The van der Waals surface area contributed by atoms with Gasteiger partial charge in [0.15, 0.2) is 6.20 Å². The monoisotopic (exact) mass is 309 g/mol. The van der Waals surface area contributed by atoms with Gasteiger partial charge in [-0.2, -0.15) is 4.73 Å². The SMILES string of the molecule is CSc1cccc(NC(=O)Nc2cc[n+]([O-])c(Cl)c2)c1. The minimum absolute atomic E-state index is 0.00724. The number of amides is 2. The molecular weight excluding hydrogens is 298 g/mol. The van der Waals surface area contributed by atoms with Crippen molar-refractivity contribution in [1.29, 1.82) is 0 Å². The zero-order chi connectivity index (χ0) is 14.5. The quantitative estimate of drug-likeness (QED) is 0.395. The van der Waals surface area contributed by atoms with E-state index < -0.39 is 6.03 Å². The van der Waals surface area contributed by atoms with Gasteiger partial charge in [-0.15, -0.1) is 11.8 Å². The smallest absolute Gasteiger partial charge is 0.323 e. The molecule has 0 saturated carbocycles. The van der Waals surface area contributed by atoms with Crippen LogP contribution >= 0.6 is 23.4 Å². The maximum atomic E-state index is 11.8. The summed E-state index contributed by atoms with van der Waals surface area (Å²) >= 11 is 7.26. The number of anilines is 2. The zero-order valence-electron chi connectivity index (χ0n) is 10.6. The third kappa shape index (κ3) is 3.79. The third-order valence-electron chi connectivity index (χ3n) is 2.46. The fourth-order valence-corrected chi connectivity index (χ4v) is 2.16. The van der Waals surface area contributed by atoms with Gasteiger partial charge in [0.2, 0.25) is 0 Å². The number of rotatable bonds is 3. The average Bonchev–Trinajstić information content (AvgIpc) is 2.43. The van der Waals surface area contributed by atoms with Gasteiger partial charge >= 0.3 is 6.03 Å². The molecule has 20 heavy (non-hydrogen) atoms. The Balaban J connectivity index is 2.03. The number of nitrogens with one attached hydrogen (secondary N) is 2. The molecule has 0 atom stereocenters. The van der Waals surface area contributed by atoms with Crippen molar-refractivity contribution < 1.29 is 9.52 Å². The summed E-state index contributed by atoms with van der Waals surface area (Å²) in [5.74, 6) is 0. The van der Waals surface area contributed by atoms with Gasteiger partial charge in [0.1, 0.15) is 0 Å². The van der Waals surface area contributed by atoms with Crippen molar-refractivity contribution in [3.63, 3.8) is 0 Å². The van der Waals surface area contributed by atoms with Crippen LogP contribution in [0.4, 0.5) is 16.2 Å². The summed E-state index contributed by atoms with van der Waals surface area (Å²) in [4.78, 5) is 12.9. The van der Waals surface area contributed by atoms with Crippen molar-refractivity contribution >= 4 is 40.8 Å². The highest BCUT2D eigenvalue weighted by atomic mass is 35.5. The molecular formula is C13H12ClN3O2S. The second kappa shape index (κ2) is 6.49. The lowest BCUT2D eigenvalue weighted by molar-refractivity contribution is -0.602. The van der Waals surface area contributed by atoms with E-state index in [0.29, 0.717) is 16.1 Å². The number of halogens is 1. The van der Waals surface area contributed by atoms with Gasteiger partial charge in [-0.1, -0.05) is 6.07 Å². The van der Waals surface area contributed by atoms with Gasteiger partial charge in [0.25, 0.3) is 5.15 Å². The van der Waals surface area contributed by atoms with Crippen molar-refractivity contribution in [3.8, 4) is 0 Å². The standard InChI is InChI=1S/C13H12ClN3O2S/c1-20-11-4-2-3-9(7-11)15-13(18)16-10-5-6-17(19)12(14)8-10/h2-8H,1H3,(H2,15,16,18). The number of carbonyl (C=O) groups excluding carboxylic acids is 1. The Bertz CT molecular complexity index is 637. The fourth-order valence-electron chi connectivity index (χ4n) is 1.53. The number of aromatic nitrogens is 1. The van der Waals surface area contributed by atoms with E-state index in [1.807, 2.05) is 24.5 Å². The van der Waals surface area contributed by atoms with E-state index in [1.165, 1.54) is 18.3 Å².